The second kappa shape index (κ2) is 7.27. The molecule has 1 N–H and O–H groups in total. The van der Waals surface area contributed by atoms with E-state index in [1.165, 1.54) is 0 Å². The van der Waals surface area contributed by atoms with E-state index in [9.17, 15) is 4.79 Å². The SMILES string of the molecule is CNCc1ccc(-c2ccccc2OCC(C)C)n(C)c1=O. The molecule has 0 unspecified atom stereocenters. The van der Waals surface area contributed by atoms with E-state index >= 15 is 0 Å². The Kier molecular flexibility index (Phi) is 5.39. The van der Waals surface area contributed by atoms with Gasteiger partial charge in [0.25, 0.3) is 5.56 Å². The summed E-state index contributed by atoms with van der Waals surface area (Å²) >= 11 is 0. The predicted molar refractivity (Wildman–Crippen MR) is 90.2 cm³/mol. The van der Waals surface area contributed by atoms with Crippen molar-refractivity contribution >= 4 is 0 Å². The van der Waals surface area contributed by atoms with Crippen molar-refractivity contribution in [3.8, 4) is 17.0 Å². The van der Waals surface area contributed by atoms with Gasteiger partial charge in [0.05, 0.1) is 12.3 Å². The first-order valence-corrected chi connectivity index (χ1v) is 7.60. The minimum absolute atomic E-state index is 0.0190. The van der Waals surface area contributed by atoms with Gasteiger partial charge in [0, 0.05) is 24.7 Å². The maximum absolute atomic E-state index is 12.4. The maximum Gasteiger partial charge on any atom is 0.255 e. The normalized spacial score (nSPS) is 11.0. The highest BCUT2D eigenvalue weighted by Gasteiger charge is 2.12. The van der Waals surface area contributed by atoms with Crippen LogP contribution < -0.4 is 15.6 Å². The molecule has 0 radical (unpaired) electrons. The van der Waals surface area contributed by atoms with Crippen molar-refractivity contribution < 1.29 is 4.74 Å². The average Bonchev–Trinajstić information content (AvgIpc) is 2.51. The smallest absolute Gasteiger partial charge is 0.255 e. The highest BCUT2D eigenvalue weighted by molar-refractivity contribution is 5.67. The summed E-state index contributed by atoms with van der Waals surface area (Å²) in [5.41, 5.74) is 2.59. The van der Waals surface area contributed by atoms with Gasteiger partial charge in [-0.2, -0.15) is 0 Å². The number of rotatable bonds is 6. The molecule has 2 rings (SSSR count). The number of nitrogens with zero attached hydrogens (tertiary/aromatic N) is 1. The van der Waals surface area contributed by atoms with Crippen molar-refractivity contribution in [3.63, 3.8) is 0 Å². The topological polar surface area (TPSA) is 43.3 Å². The molecular formula is C18H24N2O2. The zero-order valence-electron chi connectivity index (χ0n) is 13.7. The van der Waals surface area contributed by atoms with Crippen LogP contribution in [0.25, 0.3) is 11.3 Å². The lowest BCUT2D eigenvalue weighted by Gasteiger charge is -2.16. The summed E-state index contributed by atoms with van der Waals surface area (Å²) < 4.78 is 7.58. The largest absolute Gasteiger partial charge is 0.493 e. The number of para-hydroxylation sites is 1. The van der Waals surface area contributed by atoms with Crippen LogP contribution in [0.15, 0.2) is 41.2 Å². The van der Waals surface area contributed by atoms with Crippen LogP contribution in [0.3, 0.4) is 0 Å². The summed E-state index contributed by atoms with van der Waals surface area (Å²) in [6, 6.07) is 11.7. The van der Waals surface area contributed by atoms with E-state index in [1.54, 1.807) is 11.6 Å². The number of pyridine rings is 1. The average molecular weight is 300 g/mol. The molecule has 0 spiro atoms. The third-order valence-electron chi connectivity index (χ3n) is 3.49. The Hall–Kier alpha value is -2.07. The van der Waals surface area contributed by atoms with Crippen LogP contribution >= 0.6 is 0 Å². The standard InChI is InChI=1S/C18H24N2O2/c1-13(2)12-22-17-8-6-5-7-15(17)16-10-9-14(11-19-3)18(21)20(16)4/h5-10,13,19H,11-12H2,1-4H3. The molecule has 0 aliphatic carbocycles. The molecule has 1 aromatic carbocycles. The summed E-state index contributed by atoms with van der Waals surface area (Å²) in [7, 11) is 3.64. The predicted octanol–water partition coefficient (Wildman–Crippen LogP) is 2.81. The summed E-state index contributed by atoms with van der Waals surface area (Å²) in [5.74, 6) is 1.27. The number of hydrogen-bond donors (Lipinski definition) is 1. The van der Waals surface area contributed by atoms with Crippen LogP contribution in [0, 0.1) is 5.92 Å². The summed E-state index contributed by atoms with van der Waals surface area (Å²) in [4.78, 5) is 12.4. The first-order chi connectivity index (χ1) is 10.5. The molecule has 1 heterocycles. The fourth-order valence-electron chi connectivity index (χ4n) is 2.34. The van der Waals surface area contributed by atoms with Gasteiger partial charge in [-0.1, -0.05) is 32.0 Å². The van der Waals surface area contributed by atoms with E-state index < -0.39 is 0 Å². The molecule has 0 amide bonds. The lowest BCUT2D eigenvalue weighted by Crippen LogP contribution is -2.25. The van der Waals surface area contributed by atoms with Gasteiger partial charge in [0.1, 0.15) is 5.75 Å². The van der Waals surface area contributed by atoms with Crippen LogP contribution in [-0.4, -0.2) is 18.2 Å². The first kappa shape index (κ1) is 16.3. The Balaban J connectivity index is 2.44. The van der Waals surface area contributed by atoms with Crippen molar-refractivity contribution in [3.05, 3.63) is 52.3 Å². The van der Waals surface area contributed by atoms with Gasteiger partial charge in [-0.25, -0.2) is 0 Å². The first-order valence-electron chi connectivity index (χ1n) is 7.60. The summed E-state index contributed by atoms with van der Waals surface area (Å²) in [6.07, 6.45) is 0. The Morgan fingerprint density at radius 2 is 1.91 bits per heavy atom. The third kappa shape index (κ3) is 3.57. The van der Waals surface area contributed by atoms with Gasteiger partial charge < -0.3 is 14.6 Å². The minimum Gasteiger partial charge on any atom is -0.493 e. The molecule has 0 aliphatic heterocycles. The second-order valence-corrected chi connectivity index (χ2v) is 5.84. The minimum atomic E-state index is 0.0190. The van der Waals surface area contributed by atoms with Gasteiger partial charge in [0.15, 0.2) is 0 Å². The van der Waals surface area contributed by atoms with Gasteiger partial charge in [-0.05, 0) is 31.2 Å². The van der Waals surface area contributed by atoms with E-state index in [4.69, 9.17) is 4.74 Å². The van der Waals surface area contributed by atoms with Crippen molar-refractivity contribution in [2.45, 2.75) is 20.4 Å². The molecule has 4 heteroatoms. The molecule has 0 bridgehead atoms. The molecule has 4 nitrogen and oxygen atoms in total. The van der Waals surface area contributed by atoms with Crippen molar-refractivity contribution in [1.29, 1.82) is 0 Å². The van der Waals surface area contributed by atoms with Crippen LogP contribution in [-0.2, 0) is 13.6 Å². The number of aromatic nitrogens is 1. The summed E-state index contributed by atoms with van der Waals surface area (Å²) in [6.45, 7) is 5.46. The Morgan fingerprint density at radius 3 is 2.59 bits per heavy atom. The van der Waals surface area contributed by atoms with Crippen molar-refractivity contribution in [2.75, 3.05) is 13.7 Å². The number of hydrogen-bond acceptors (Lipinski definition) is 3. The van der Waals surface area contributed by atoms with E-state index in [2.05, 4.69) is 19.2 Å². The highest BCUT2D eigenvalue weighted by atomic mass is 16.5. The zero-order valence-corrected chi connectivity index (χ0v) is 13.7. The molecular weight excluding hydrogens is 276 g/mol. The second-order valence-electron chi connectivity index (χ2n) is 5.84. The van der Waals surface area contributed by atoms with E-state index in [0.717, 1.165) is 22.6 Å². The quantitative estimate of drug-likeness (QED) is 0.892. The zero-order chi connectivity index (χ0) is 16.1. The fourth-order valence-corrected chi connectivity index (χ4v) is 2.34. The maximum atomic E-state index is 12.4. The van der Waals surface area contributed by atoms with Gasteiger partial charge >= 0.3 is 0 Å². The van der Waals surface area contributed by atoms with Crippen molar-refractivity contribution in [1.82, 2.24) is 9.88 Å². The Bertz CT molecular complexity index is 690. The van der Waals surface area contributed by atoms with E-state index in [0.29, 0.717) is 19.1 Å². The molecule has 0 saturated heterocycles. The third-order valence-corrected chi connectivity index (χ3v) is 3.49. The molecule has 2 aromatic rings. The van der Waals surface area contributed by atoms with Crippen LogP contribution in [0.5, 0.6) is 5.75 Å². The number of nitrogens with one attached hydrogen (secondary N) is 1. The van der Waals surface area contributed by atoms with E-state index in [-0.39, 0.29) is 5.56 Å². The Labute approximate surface area is 131 Å². The molecule has 0 aliphatic rings. The molecule has 118 valence electrons. The van der Waals surface area contributed by atoms with Crippen LogP contribution in [0.2, 0.25) is 0 Å². The molecule has 0 atom stereocenters. The molecule has 22 heavy (non-hydrogen) atoms. The lowest BCUT2D eigenvalue weighted by atomic mass is 10.1. The van der Waals surface area contributed by atoms with E-state index in [1.807, 2.05) is 43.4 Å². The van der Waals surface area contributed by atoms with Gasteiger partial charge in [-0.15, -0.1) is 0 Å². The number of benzene rings is 1. The van der Waals surface area contributed by atoms with Crippen molar-refractivity contribution in [2.24, 2.45) is 13.0 Å². The highest BCUT2D eigenvalue weighted by Crippen LogP contribution is 2.29. The molecule has 0 fully saturated rings. The number of ether oxygens (including phenoxy) is 1. The molecule has 1 aromatic heterocycles. The Morgan fingerprint density at radius 1 is 1.18 bits per heavy atom. The van der Waals surface area contributed by atoms with Gasteiger partial charge in [0.2, 0.25) is 0 Å². The van der Waals surface area contributed by atoms with Crippen LogP contribution in [0.1, 0.15) is 19.4 Å². The monoisotopic (exact) mass is 300 g/mol. The summed E-state index contributed by atoms with van der Waals surface area (Å²) in [5, 5.41) is 3.02. The fraction of sp³-hybridized carbons (Fsp3) is 0.389. The molecule has 0 saturated carbocycles. The van der Waals surface area contributed by atoms with Crippen LogP contribution in [0.4, 0.5) is 0 Å². The lowest BCUT2D eigenvalue weighted by molar-refractivity contribution is 0.272. The van der Waals surface area contributed by atoms with Gasteiger partial charge in [-0.3, -0.25) is 4.79 Å².